The van der Waals surface area contributed by atoms with E-state index in [0.29, 0.717) is 6.54 Å². The van der Waals surface area contributed by atoms with Crippen molar-refractivity contribution < 1.29 is 9.47 Å². The van der Waals surface area contributed by atoms with Gasteiger partial charge in [0.25, 0.3) is 0 Å². The van der Waals surface area contributed by atoms with Crippen LogP contribution >= 0.6 is 0 Å². The molecule has 0 aliphatic carbocycles. The van der Waals surface area contributed by atoms with E-state index in [9.17, 15) is 0 Å². The highest BCUT2D eigenvalue weighted by Gasteiger charge is 2.11. The van der Waals surface area contributed by atoms with Crippen LogP contribution in [-0.4, -0.2) is 56.9 Å². The molecule has 2 aromatic rings. The summed E-state index contributed by atoms with van der Waals surface area (Å²) in [6, 6.07) is 16.8. The van der Waals surface area contributed by atoms with Gasteiger partial charge in [-0.05, 0) is 42.7 Å². The van der Waals surface area contributed by atoms with Gasteiger partial charge in [0.1, 0.15) is 11.9 Å². The van der Waals surface area contributed by atoms with E-state index in [1.54, 1.807) is 7.05 Å². The van der Waals surface area contributed by atoms with E-state index >= 15 is 0 Å². The van der Waals surface area contributed by atoms with Crippen LogP contribution in [0, 0.1) is 6.92 Å². The Balaban J connectivity index is 1.44. The number of guanidine groups is 1. The van der Waals surface area contributed by atoms with E-state index in [-0.39, 0.29) is 6.10 Å². The second kappa shape index (κ2) is 11.6. The third kappa shape index (κ3) is 7.35. The second-order valence-corrected chi connectivity index (χ2v) is 7.76. The Hall–Kier alpha value is -2.57. The molecular formula is C24H34N4O2. The van der Waals surface area contributed by atoms with Crippen molar-refractivity contribution in [2.24, 2.45) is 4.99 Å². The predicted molar refractivity (Wildman–Crippen MR) is 122 cm³/mol. The van der Waals surface area contributed by atoms with Crippen molar-refractivity contribution >= 4 is 5.96 Å². The first kappa shape index (κ1) is 22.1. The molecule has 162 valence electrons. The first-order valence-electron chi connectivity index (χ1n) is 10.7. The van der Waals surface area contributed by atoms with E-state index in [1.807, 2.05) is 18.2 Å². The average molecular weight is 411 g/mol. The summed E-state index contributed by atoms with van der Waals surface area (Å²) < 4.78 is 11.4. The van der Waals surface area contributed by atoms with E-state index < -0.39 is 0 Å². The summed E-state index contributed by atoms with van der Waals surface area (Å²) in [5.74, 6) is 1.66. The predicted octanol–water partition coefficient (Wildman–Crippen LogP) is 2.96. The second-order valence-electron chi connectivity index (χ2n) is 7.76. The van der Waals surface area contributed by atoms with Crippen LogP contribution in [0.15, 0.2) is 53.5 Å². The fraction of sp³-hybridized carbons (Fsp3) is 0.458. The third-order valence-corrected chi connectivity index (χ3v) is 5.07. The van der Waals surface area contributed by atoms with Crippen LogP contribution in [-0.2, 0) is 17.8 Å². The zero-order valence-corrected chi connectivity index (χ0v) is 18.4. The van der Waals surface area contributed by atoms with Crippen LogP contribution in [0.4, 0.5) is 0 Å². The van der Waals surface area contributed by atoms with Gasteiger partial charge in [-0.25, -0.2) is 0 Å². The monoisotopic (exact) mass is 410 g/mol. The van der Waals surface area contributed by atoms with Crippen LogP contribution in [0.1, 0.15) is 23.6 Å². The molecule has 1 fully saturated rings. The minimum atomic E-state index is 0.0298. The van der Waals surface area contributed by atoms with Gasteiger partial charge in [0.2, 0.25) is 0 Å². The number of nitrogens with one attached hydrogen (secondary N) is 2. The first-order valence-corrected chi connectivity index (χ1v) is 10.7. The zero-order valence-electron chi connectivity index (χ0n) is 18.4. The van der Waals surface area contributed by atoms with Gasteiger partial charge in [-0.1, -0.05) is 36.4 Å². The molecule has 1 aliphatic heterocycles. The van der Waals surface area contributed by atoms with Crippen LogP contribution in [0.5, 0.6) is 5.75 Å². The highest BCUT2D eigenvalue weighted by Crippen LogP contribution is 2.14. The lowest BCUT2D eigenvalue weighted by Gasteiger charge is -2.26. The molecule has 2 N–H and O–H groups in total. The molecule has 0 spiro atoms. The van der Waals surface area contributed by atoms with Gasteiger partial charge in [-0.3, -0.25) is 9.89 Å². The minimum Gasteiger partial charge on any atom is -0.489 e. The SMILES string of the molecule is CN=C(NCc1cccc(CN2CCOCC2)c1)NCC(C)Oc1cccc(C)c1. The summed E-state index contributed by atoms with van der Waals surface area (Å²) in [4.78, 5) is 6.77. The summed E-state index contributed by atoms with van der Waals surface area (Å²) in [5, 5.41) is 6.74. The standard InChI is InChI=1S/C24H34N4O2/c1-19-6-4-9-23(14-19)30-20(2)16-26-24(25-3)27-17-21-7-5-8-22(15-21)18-28-10-12-29-13-11-28/h4-9,14-15,20H,10-13,16-18H2,1-3H3,(H2,25,26,27). The largest absolute Gasteiger partial charge is 0.489 e. The molecule has 1 atom stereocenters. The Morgan fingerprint density at radius 1 is 1.10 bits per heavy atom. The number of morpholine rings is 1. The molecule has 30 heavy (non-hydrogen) atoms. The number of hydrogen-bond acceptors (Lipinski definition) is 4. The third-order valence-electron chi connectivity index (χ3n) is 5.07. The number of aliphatic imine (C=N–C) groups is 1. The molecule has 2 aromatic carbocycles. The summed E-state index contributed by atoms with van der Waals surface area (Å²) in [6.07, 6.45) is 0.0298. The van der Waals surface area contributed by atoms with Crippen LogP contribution in [0.2, 0.25) is 0 Å². The van der Waals surface area contributed by atoms with E-state index in [4.69, 9.17) is 9.47 Å². The normalized spacial score (nSPS) is 16.2. The summed E-state index contributed by atoms with van der Waals surface area (Å²) >= 11 is 0. The van der Waals surface area contributed by atoms with Gasteiger partial charge in [-0.2, -0.15) is 0 Å². The van der Waals surface area contributed by atoms with Crippen LogP contribution < -0.4 is 15.4 Å². The van der Waals surface area contributed by atoms with Crippen molar-refractivity contribution in [2.45, 2.75) is 33.0 Å². The number of ether oxygens (including phenoxy) is 2. The number of hydrogen-bond donors (Lipinski definition) is 2. The molecule has 1 aliphatic rings. The Labute approximate surface area is 180 Å². The molecule has 0 saturated carbocycles. The first-order chi connectivity index (χ1) is 14.6. The van der Waals surface area contributed by atoms with E-state index in [1.165, 1.54) is 16.7 Å². The quantitative estimate of drug-likeness (QED) is 0.518. The Kier molecular flexibility index (Phi) is 8.53. The average Bonchev–Trinajstić information content (AvgIpc) is 2.75. The van der Waals surface area contributed by atoms with E-state index in [2.05, 4.69) is 64.7 Å². The van der Waals surface area contributed by atoms with Gasteiger partial charge >= 0.3 is 0 Å². The van der Waals surface area contributed by atoms with Gasteiger partial charge < -0.3 is 20.1 Å². The van der Waals surface area contributed by atoms with Crippen LogP contribution in [0.3, 0.4) is 0 Å². The fourth-order valence-electron chi connectivity index (χ4n) is 3.46. The van der Waals surface area contributed by atoms with Crippen molar-refractivity contribution in [1.29, 1.82) is 0 Å². The number of aryl methyl sites for hydroxylation is 1. The maximum atomic E-state index is 5.98. The lowest BCUT2D eigenvalue weighted by Crippen LogP contribution is -2.41. The minimum absolute atomic E-state index is 0.0298. The summed E-state index contributed by atoms with van der Waals surface area (Å²) in [6.45, 7) is 10.1. The molecule has 6 nitrogen and oxygen atoms in total. The molecule has 1 saturated heterocycles. The van der Waals surface area contributed by atoms with Crippen molar-refractivity contribution in [3.05, 3.63) is 65.2 Å². The Bertz CT molecular complexity index is 818. The topological polar surface area (TPSA) is 58.1 Å². The van der Waals surface area contributed by atoms with Gasteiger partial charge in [0.15, 0.2) is 5.96 Å². The molecule has 0 radical (unpaired) electrons. The number of benzene rings is 2. The maximum Gasteiger partial charge on any atom is 0.191 e. The van der Waals surface area contributed by atoms with Gasteiger partial charge in [0.05, 0.1) is 19.8 Å². The summed E-state index contributed by atoms with van der Waals surface area (Å²) in [7, 11) is 1.79. The lowest BCUT2D eigenvalue weighted by atomic mass is 10.1. The van der Waals surface area contributed by atoms with Crippen molar-refractivity contribution in [2.75, 3.05) is 39.9 Å². The van der Waals surface area contributed by atoms with E-state index in [0.717, 1.165) is 51.1 Å². The van der Waals surface area contributed by atoms with Crippen LogP contribution in [0.25, 0.3) is 0 Å². The lowest BCUT2D eigenvalue weighted by molar-refractivity contribution is 0.0342. The van der Waals surface area contributed by atoms with Crippen molar-refractivity contribution in [3.63, 3.8) is 0 Å². The molecule has 1 unspecified atom stereocenters. The molecular weight excluding hydrogens is 376 g/mol. The molecule has 0 amide bonds. The molecule has 6 heteroatoms. The van der Waals surface area contributed by atoms with Gasteiger partial charge in [0, 0.05) is 33.2 Å². The number of rotatable bonds is 8. The Morgan fingerprint density at radius 3 is 2.63 bits per heavy atom. The molecule has 3 rings (SSSR count). The van der Waals surface area contributed by atoms with Crippen molar-refractivity contribution in [3.8, 4) is 5.75 Å². The highest BCUT2D eigenvalue weighted by molar-refractivity contribution is 5.79. The maximum absolute atomic E-state index is 5.98. The molecule has 0 bridgehead atoms. The zero-order chi connectivity index (χ0) is 21.2. The molecule has 0 aromatic heterocycles. The van der Waals surface area contributed by atoms with Crippen molar-refractivity contribution in [1.82, 2.24) is 15.5 Å². The summed E-state index contributed by atoms with van der Waals surface area (Å²) in [5.41, 5.74) is 3.77. The smallest absolute Gasteiger partial charge is 0.191 e. The number of nitrogens with zero attached hydrogens (tertiary/aromatic N) is 2. The Morgan fingerprint density at radius 2 is 1.87 bits per heavy atom. The van der Waals surface area contributed by atoms with Gasteiger partial charge in [-0.15, -0.1) is 0 Å². The molecule has 1 heterocycles. The highest BCUT2D eigenvalue weighted by atomic mass is 16.5. The fourth-order valence-corrected chi connectivity index (χ4v) is 3.46.